The molecule has 0 spiro atoms. The van der Waals surface area contributed by atoms with Crippen LogP contribution in [0, 0.1) is 5.92 Å². The molecule has 1 aromatic heterocycles. The maximum atomic E-state index is 12.5. The Bertz CT molecular complexity index is 549. The lowest BCUT2D eigenvalue weighted by molar-refractivity contribution is 0.245. The summed E-state index contributed by atoms with van der Waals surface area (Å²) >= 11 is 3.10. The Labute approximate surface area is 128 Å². The van der Waals surface area contributed by atoms with E-state index in [2.05, 4.69) is 15.9 Å². The van der Waals surface area contributed by atoms with Gasteiger partial charge >= 0.3 is 0 Å². The third-order valence-electron chi connectivity index (χ3n) is 3.79. The summed E-state index contributed by atoms with van der Waals surface area (Å²) in [5.41, 5.74) is 0. The van der Waals surface area contributed by atoms with E-state index in [1.807, 2.05) is 0 Å². The minimum Gasteiger partial charge on any atom is -0.450 e. The van der Waals surface area contributed by atoms with Gasteiger partial charge in [-0.25, -0.2) is 12.7 Å². The lowest BCUT2D eigenvalue weighted by Gasteiger charge is -2.26. The van der Waals surface area contributed by atoms with Gasteiger partial charge in [-0.3, -0.25) is 0 Å². The molecule has 0 amide bonds. The summed E-state index contributed by atoms with van der Waals surface area (Å²) in [6, 6.07) is 1.37. The van der Waals surface area contributed by atoms with E-state index in [9.17, 15) is 8.42 Å². The number of aliphatic hydroxyl groups excluding tert-OH is 1. The minimum absolute atomic E-state index is 0.0832. The van der Waals surface area contributed by atoms with E-state index in [0.29, 0.717) is 12.5 Å². The highest BCUT2D eigenvalue weighted by Gasteiger charge is 2.29. The molecule has 20 heavy (non-hydrogen) atoms. The number of halogens is 1. The summed E-state index contributed by atoms with van der Waals surface area (Å²) in [5, 5.41) is 9.02. The fourth-order valence-corrected chi connectivity index (χ4v) is 4.85. The largest absolute Gasteiger partial charge is 0.450 e. The van der Waals surface area contributed by atoms with Crippen molar-refractivity contribution in [1.29, 1.82) is 0 Å². The lowest BCUT2D eigenvalue weighted by atomic mass is 9.89. The van der Waals surface area contributed by atoms with Crippen LogP contribution in [-0.2, 0) is 16.6 Å². The third-order valence-corrected chi connectivity index (χ3v) is 6.47. The SMILES string of the molecule is CN(CC1CCCCC1)S(=O)(=O)c1cc(CO)oc1Br. The first-order valence-electron chi connectivity index (χ1n) is 6.80. The van der Waals surface area contributed by atoms with Crippen molar-refractivity contribution in [2.24, 2.45) is 5.92 Å². The molecule has 1 saturated carbocycles. The number of aliphatic hydroxyl groups is 1. The number of rotatable bonds is 5. The summed E-state index contributed by atoms with van der Waals surface area (Å²) in [5.74, 6) is 0.674. The number of furan rings is 1. The molecule has 0 atom stereocenters. The van der Waals surface area contributed by atoms with Crippen LogP contribution < -0.4 is 0 Å². The molecule has 0 aliphatic heterocycles. The van der Waals surface area contributed by atoms with Gasteiger partial charge in [-0.15, -0.1) is 0 Å². The molecule has 1 aromatic rings. The Hall–Kier alpha value is -0.370. The molecule has 1 N–H and O–H groups in total. The van der Waals surface area contributed by atoms with Gasteiger partial charge in [0.1, 0.15) is 17.3 Å². The highest BCUT2D eigenvalue weighted by Crippen LogP contribution is 2.30. The Morgan fingerprint density at radius 1 is 1.40 bits per heavy atom. The Kier molecular flexibility index (Phi) is 5.28. The van der Waals surface area contributed by atoms with E-state index in [-0.39, 0.29) is 21.9 Å². The summed E-state index contributed by atoms with van der Waals surface area (Å²) < 4.78 is 31.7. The van der Waals surface area contributed by atoms with Crippen LogP contribution in [-0.4, -0.2) is 31.4 Å². The Morgan fingerprint density at radius 2 is 2.05 bits per heavy atom. The highest BCUT2D eigenvalue weighted by molar-refractivity contribution is 9.10. The quantitative estimate of drug-likeness (QED) is 0.870. The Balaban J connectivity index is 2.13. The molecule has 0 aromatic carbocycles. The predicted molar refractivity (Wildman–Crippen MR) is 78.7 cm³/mol. The zero-order valence-corrected chi connectivity index (χ0v) is 13.9. The number of nitrogens with zero attached hydrogens (tertiary/aromatic N) is 1. The maximum Gasteiger partial charge on any atom is 0.247 e. The average Bonchev–Trinajstić information content (AvgIpc) is 2.82. The lowest BCUT2D eigenvalue weighted by Crippen LogP contribution is -2.32. The third kappa shape index (κ3) is 3.44. The second kappa shape index (κ2) is 6.60. The molecule has 5 nitrogen and oxygen atoms in total. The van der Waals surface area contributed by atoms with E-state index in [1.165, 1.54) is 29.6 Å². The van der Waals surface area contributed by atoms with Crippen LogP contribution in [0.3, 0.4) is 0 Å². The molecule has 1 fully saturated rings. The van der Waals surface area contributed by atoms with Gasteiger partial charge in [0, 0.05) is 19.7 Å². The molecule has 1 aliphatic rings. The first-order chi connectivity index (χ1) is 9.45. The zero-order chi connectivity index (χ0) is 14.8. The fraction of sp³-hybridized carbons (Fsp3) is 0.692. The smallest absolute Gasteiger partial charge is 0.247 e. The van der Waals surface area contributed by atoms with Crippen molar-refractivity contribution in [1.82, 2.24) is 4.31 Å². The van der Waals surface area contributed by atoms with Crippen LogP contribution in [0.15, 0.2) is 20.0 Å². The van der Waals surface area contributed by atoms with Crippen LogP contribution in [0.2, 0.25) is 0 Å². The number of hydrogen-bond acceptors (Lipinski definition) is 4. The minimum atomic E-state index is -3.58. The molecule has 0 bridgehead atoms. The van der Waals surface area contributed by atoms with Gasteiger partial charge < -0.3 is 9.52 Å². The van der Waals surface area contributed by atoms with E-state index in [4.69, 9.17) is 9.52 Å². The standard InChI is InChI=1S/C13H20BrNO4S/c1-15(8-10-5-3-2-4-6-10)20(17,18)12-7-11(9-16)19-13(12)14/h7,10,16H,2-6,8-9H2,1H3. The van der Waals surface area contributed by atoms with Crippen LogP contribution in [0.1, 0.15) is 37.9 Å². The fourth-order valence-electron chi connectivity index (χ4n) is 2.65. The van der Waals surface area contributed by atoms with Crippen LogP contribution in [0.5, 0.6) is 0 Å². The summed E-state index contributed by atoms with van der Waals surface area (Å²) in [7, 11) is -1.98. The summed E-state index contributed by atoms with van der Waals surface area (Å²) in [4.78, 5) is 0.0832. The second-order valence-electron chi connectivity index (χ2n) is 5.30. The first kappa shape index (κ1) is 16.0. The van der Waals surface area contributed by atoms with Crippen molar-refractivity contribution in [2.75, 3.05) is 13.6 Å². The molecular weight excluding hydrogens is 346 g/mol. The van der Waals surface area contributed by atoms with Crippen molar-refractivity contribution in [2.45, 2.75) is 43.6 Å². The normalized spacial score (nSPS) is 17.8. The molecule has 114 valence electrons. The number of hydrogen-bond donors (Lipinski definition) is 1. The molecule has 0 radical (unpaired) electrons. The van der Waals surface area contributed by atoms with E-state index in [0.717, 1.165) is 12.8 Å². The van der Waals surface area contributed by atoms with Gasteiger partial charge in [-0.05, 0) is 34.7 Å². The summed E-state index contributed by atoms with van der Waals surface area (Å²) in [6.07, 6.45) is 5.80. The molecule has 0 saturated heterocycles. The van der Waals surface area contributed by atoms with Crippen LogP contribution >= 0.6 is 15.9 Å². The van der Waals surface area contributed by atoms with Crippen molar-refractivity contribution in [3.63, 3.8) is 0 Å². The zero-order valence-electron chi connectivity index (χ0n) is 11.5. The van der Waals surface area contributed by atoms with Crippen molar-refractivity contribution >= 4 is 26.0 Å². The first-order valence-corrected chi connectivity index (χ1v) is 9.04. The van der Waals surface area contributed by atoms with Gasteiger partial charge in [0.25, 0.3) is 0 Å². The topological polar surface area (TPSA) is 70.8 Å². The van der Waals surface area contributed by atoms with E-state index < -0.39 is 10.0 Å². The van der Waals surface area contributed by atoms with Gasteiger partial charge in [0.15, 0.2) is 4.67 Å². The molecule has 0 unspecified atom stereocenters. The highest BCUT2D eigenvalue weighted by atomic mass is 79.9. The van der Waals surface area contributed by atoms with Crippen LogP contribution in [0.4, 0.5) is 0 Å². The second-order valence-corrected chi connectivity index (χ2v) is 8.03. The molecule has 7 heteroatoms. The van der Waals surface area contributed by atoms with Gasteiger partial charge in [0.05, 0.1) is 0 Å². The van der Waals surface area contributed by atoms with Crippen molar-refractivity contribution in [3.8, 4) is 0 Å². The molecule has 2 rings (SSSR count). The van der Waals surface area contributed by atoms with Gasteiger partial charge in [-0.2, -0.15) is 0 Å². The predicted octanol–water partition coefficient (Wildman–Crippen LogP) is 2.74. The van der Waals surface area contributed by atoms with Crippen molar-refractivity contribution < 1.29 is 17.9 Å². The van der Waals surface area contributed by atoms with Gasteiger partial charge in [-0.1, -0.05) is 19.3 Å². The molecular formula is C13H20BrNO4S. The monoisotopic (exact) mass is 365 g/mol. The molecule has 1 aliphatic carbocycles. The van der Waals surface area contributed by atoms with Crippen molar-refractivity contribution in [3.05, 3.63) is 16.5 Å². The van der Waals surface area contributed by atoms with E-state index >= 15 is 0 Å². The maximum absolute atomic E-state index is 12.5. The van der Waals surface area contributed by atoms with Crippen LogP contribution in [0.25, 0.3) is 0 Å². The molecule has 1 heterocycles. The summed E-state index contributed by atoms with van der Waals surface area (Å²) in [6.45, 7) is 0.217. The van der Waals surface area contributed by atoms with E-state index in [1.54, 1.807) is 7.05 Å². The number of sulfonamides is 1. The average molecular weight is 366 g/mol. The van der Waals surface area contributed by atoms with Gasteiger partial charge in [0.2, 0.25) is 10.0 Å². The Morgan fingerprint density at radius 3 is 2.60 bits per heavy atom.